The van der Waals surface area contributed by atoms with Crippen molar-refractivity contribution in [1.29, 1.82) is 0 Å². The molecule has 1 fully saturated rings. The quantitative estimate of drug-likeness (QED) is 0.878. The summed E-state index contributed by atoms with van der Waals surface area (Å²) in [5.41, 5.74) is 8.76. The Bertz CT molecular complexity index is 707. The van der Waals surface area contributed by atoms with Gasteiger partial charge in [-0.1, -0.05) is 12.5 Å². The molecule has 24 heavy (non-hydrogen) atoms. The molecule has 1 saturated carbocycles. The molecule has 0 saturated heterocycles. The summed E-state index contributed by atoms with van der Waals surface area (Å²) in [5, 5.41) is 7.45. The van der Waals surface area contributed by atoms with E-state index in [1.165, 1.54) is 0 Å². The molecule has 0 bridgehead atoms. The molecule has 0 spiro atoms. The second kappa shape index (κ2) is 7.13. The molecule has 0 aliphatic heterocycles. The fourth-order valence-corrected chi connectivity index (χ4v) is 3.49. The second-order valence-corrected chi connectivity index (χ2v) is 6.61. The number of rotatable bonds is 5. The van der Waals surface area contributed by atoms with E-state index in [0.29, 0.717) is 19.0 Å². The van der Waals surface area contributed by atoms with Crippen LogP contribution in [0.15, 0.2) is 24.4 Å². The molecule has 3 N–H and O–H groups in total. The number of aromatic nitrogens is 3. The third kappa shape index (κ3) is 3.48. The minimum Gasteiger partial charge on any atom is -0.352 e. The lowest BCUT2D eigenvalue weighted by molar-refractivity contribution is -0.126. The molecule has 0 unspecified atom stereocenters. The van der Waals surface area contributed by atoms with E-state index < -0.39 is 0 Å². The summed E-state index contributed by atoms with van der Waals surface area (Å²) in [4.78, 5) is 16.8. The van der Waals surface area contributed by atoms with Gasteiger partial charge in [-0.25, -0.2) is 9.67 Å². The lowest BCUT2D eigenvalue weighted by Crippen LogP contribution is -2.34. The summed E-state index contributed by atoms with van der Waals surface area (Å²) < 4.78 is 1.82. The Kier molecular flexibility index (Phi) is 4.94. The van der Waals surface area contributed by atoms with Gasteiger partial charge in [-0.2, -0.15) is 5.10 Å². The van der Waals surface area contributed by atoms with Crippen LogP contribution in [-0.2, 0) is 11.3 Å². The van der Waals surface area contributed by atoms with Crippen molar-refractivity contribution in [2.24, 2.45) is 17.6 Å². The zero-order valence-electron chi connectivity index (χ0n) is 14.3. The first-order chi connectivity index (χ1) is 11.6. The summed E-state index contributed by atoms with van der Waals surface area (Å²) in [6.45, 7) is 5.06. The van der Waals surface area contributed by atoms with E-state index in [1.54, 1.807) is 6.20 Å². The number of aryl methyl sites for hydroxylation is 2. The van der Waals surface area contributed by atoms with Gasteiger partial charge in [-0.15, -0.1) is 0 Å². The number of hydrogen-bond acceptors (Lipinski definition) is 4. The minimum atomic E-state index is 0.0666. The molecule has 2 aromatic heterocycles. The molecule has 2 aromatic rings. The minimum absolute atomic E-state index is 0.0666. The summed E-state index contributed by atoms with van der Waals surface area (Å²) >= 11 is 0. The van der Waals surface area contributed by atoms with E-state index in [1.807, 2.05) is 36.7 Å². The maximum atomic E-state index is 12.3. The Balaban J connectivity index is 1.60. The Hall–Kier alpha value is -2.21. The Morgan fingerprint density at radius 1 is 1.38 bits per heavy atom. The topological polar surface area (TPSA) is 85.8 Å². The van der Waals surface area contributed by atoms with Crippen molar-refractivity contribution in [3.63, 3.8) is 0 Å². The predicted octanol–water partition coefficient (Wildman–Crippen LogP) is 1.88. The number of nitrogens with zero attached hydrogens (tertiary/aromatic N) is 3. The smallest absolute Gasteiger partial charge is 0.223 e. The fourth-order valence-electron chi connectivity index (χ4n) is 3.49. The van der Waals surface area contributed by atoms with Gasteiger partial charge in [0.1, 0.15) is 0 Å². The number of amides is 1. The van der Waals surface area contributed by atoms with Crippen LogP contribution in [0.3, 0.4) is 0 Å². The highest BCUT2D eigenvalue weighted by Gasteiger charge is 2.31. The number of hydrogen-bond donors (Lipinski definition) is 2. The molecule has 6 nitrogen and oxygen atoms in total. The van der Waals surface area contributed by atoms with Crippen LogP contribution in [0, 0.1) is 25.7 Å². The highest BCUT2D eigenvalue weighted by Crippen LogP contribution is 2.30. The van der Waals surface area contributed by atoms with Crippen LogP contribution in [0.5, 0.6) is 0 Å². The van der Waals surface area contributed by atoms with E-state index in [-0.39, 0.29) is 11.8 Å². The van der Waals surface area contributed by atoms with Crippen LogP contribution < -0.4 is 11.1 Å². The fraction of sp³-hybridized carbons (Fsp3) is 0.500. The van der Waals surface area contributed by atoms with Crippen molar-refractivity contribution in [2.75, 3.05) is 6.54 Å². The van der Waals surface area contributed by atoms with Gasteiger partial charge < -0.3 is 11.1 Å². The maximum absolute atomic E-state index is 12.3. The van der Waals surface area contributed by atoms with Crippen molar-refractivity contribution in [3.05, 3.63) is 41.3 Å². The van der Waals surface area contributed by atoms with Crippen molar-refractivity contribution < 1.29 is 4.79 Å². The Labute approximate surface area is 142 Å². The molecule has 1 aliphatic carbocycles. The van der Waals surface area contributed by atoms with Gasteiger partial charge in [0.15, 0.2) is 5.82 Å². The molecule has 6 heteroatoms. The maximum Gasteiger partial charge on any atom is 0.223 e. The van der Waals surface area contributed by atoms with E-state index in [0.717, 1.165) is 42.0 Å². The first-order valence-electron chi connectivity index (χ1n) is 8.55. The van der Waals surface area contributed by atoms with Gasteiger partial charge >= 0.3 is 0 Å². The summed E-state index contributed by atoms with van der Waals surface area (Å²) in [6, 6.07) is 5.93. The lowest BCUT2D eigenvalue weighted by Gasteiger charge is -2.17. The van der Waals surface area contributed by atoms with Crippen molar-refractivity contribution in [1.82, 2.24) is 20.1 Å². The van der Waals surface area contributed by atoms with Gasteiger partial charge in [-0.05, 0) is 56.8 Å². The van der Waals surface area contributed by atoms with Crippen molar-refractivity contribution in [3.8, 4) is 5.82 Å². The Morgan fingerprint density at radius 2 is 2.21 bits per heavy atom. The molecular formula is C18H25N5O. The van der Waals surface area contributed by atoms with Crippen molar-refractivity contribution >= 4 is 5.91 Å². The van der Waals surface area contributed by atoms with Crippen molar-refractivity contribution in [2.45, 2.75) is 39.7 Å². The third-order valence-electron chi connectivity index (χ3n) is 4.80. The van der Waals surface area contributed by atoms with Gasteiger partial charge in [-0.3, -0.25) is 4.79 Å². The highest BCUT2D eigenvalue weighted by atomic mass is 16.1. The molecule has 2 heterocycles. The predicted molar refractivity (Wildman–Crippen MR) is 92.6 cm³/mol. The van der Waals surface area contributed by atoms with E-state index in [4.69, 9.17) is 5.73 Å². The summed E-state index contributed by atoms with van der Waals surface area (Å²) in [6.07, 6.45) is 4.90. The van der Waals surface area contributed by atoms with Crippen LogP contribution in [0.25, 0.3) is 5.82 Å². The van der Waals surface area contributed by atoms with Crippen LogP contribution in [0.2, 0.25) is 0 Å². The standard InChI is InChI=1S/C18H25N5O/c1-12-8-13(2)23(22-12)17-7-6-14(10-20-17)11-21-18(24)16-5-3-4-15(16)9-19/h6-8,10,15-16H,3-5,9,11,19H2,1-2H3,(H,21,24)/t15-,16-/m1/s1. The monoisotopic (exact) mass is 327 g/mol. The number of carbonyl (C=O) groups is 1. The molecule has 3 rings (SSSR count). The average molecular weight is 327 g/mol. The Morgan fingerprint density at radius 3 is 2.83 bits per heavy atom. The normalized spacial score (nSPS) is 20.3. The van der Waals surface area contributed by atoms with Crippen LogP contribution in [0.1, 0.15) is 36.2 Å². The molecule has 1 amide bonds. The van der Waals surface area contributed by atoms with Gasteiger partial charge in [0.25, 0.3) is 0 Å². The van der Waals surface area contributed by atoms with E-state index >= 15 is 0 Å². The van der Waals surface area contributed by atoms with Crippen LogP contribution in [-0.4, -0.2) is 27.2 Å². The number of nitrogens with one attached hydrogen (secondary N) is 1. The van der Waals surface area contributed by atoms with Gasteiger partial charge in [0, 0.05) is 24.4 Å². The van der Waals surface area contributed by atoms with E-state index in [9.17, 15) is 4.79 Å². The van der Waals surface area contributed by atoms with Gasteiger partial charge in [0.05, 0.1) is 5.69 Å². The number of pyridine rings is 1. The molecule has 1 aliphatic rings. The van der Waals surface area contributed by atoms with E-state index in [2.05, 4.69) is 15.4 Å². The number of carbonyl (C=O) groups excluding carboxylic acids is 1. The first kappa shape index (κ1) is 16.6. The van der Waals surface area contributed by atoms with Gasteiger partial charge in [0.2, 0.25) is 5.91 Å². The molecule has 128 valence electrons. The lowest BCUT2D eigenvalue weighted by atomic mass is 9.95. The first-order valence-corrected chi connectivity index (χ1v) is 8.55. The third-order valence-corrected chi connectivity index (χ3v) is 4.80. The average Bonchev–Trinajstić information content (AvgIpc) is 3.19. The SMILES string of the molecule is Cc1cc(C)n(-c2ccc(CNC(=O)[C@@H]3CCC[C@@H]3CN)cn2)n1. The zero-order valence-corrected chi connectivity index (χ0v) is 14.3. The summed E-state index contributed by atoms with van der Waals surface area (Å²) in [5.74, 6) is 1.30. The van der Waals surface area contributed by atoms with Crippen LogP contribution in [0.4, 0.5) is 0 Å². The zero-order chi connectivity index (χ0) is 17.1. The molecular weight excluding hydrogens is 302 g/mol. The molecule has 2 atom stereocenters. The molecule has 0 aromatic carbocycles. The van der Waals surface area contributed by atoms with Crippen LogP contribution >= 0.6 is 0 Å². The summed E-state index contributed by atoms with van der Waals surface area (Å²) in [7, 11) is 0. The largest absolute Gasteiger partial charge is 0.352 e. The second-order valence-electron chi connectivity index (χ2n) is 6.61. The molecule has 0 radical (unpaired) electrons. The number of nitrogens with two attached hydrogens (primary N) is 1. The highest BCUT2D eigenvalue weighted by molar-refractivity contribution is 5.79.